The van der Waals surface area contributed by atoms with Crippen molar-refractivity contribution in [3.63, 3.8) is 0 Å². The molecule has 0 spiro atoms. The summed E-state index contributed by atoms with van der Waals surface area (Å²) in [6.07, 6.45) is -2.18. The summed E-state index contributed by atoms with van der Waals surface area (Å²) in [6, 6.07) is 3.06. The Morgan fingerprint density at radius 3 is 2.31 bits per heavy atom. The van der Waals surface area contributed by atoms with Crippen LogP contribution < -0.4 is 5.32 Å². The molecule has 0 aromatic heterocycles. The standard InChI is InChI=1S/C10H12Cl3NO2/c1-14-4-7(15)10(16)8-5(11)2-3-6(12)9(8)13/h2-3,7,10,14-16H,4H2,1H3. The third-order valence-electron chi connectivity index (χ3n) is 2.15. The molecule has 0 amide bonds. The molecule has 0 heterocycles. The predicted octanol–water partition coefficient (Wildman–Crippen LogP) is 2.26. The van der Waals surface area contributed by atoms with Gasteiger partial charge in [0.05, 0.1) is 16.1 Å². The van der Waals surface area contributed by atoms with E-state index in [2.05, 4.69) is 5.32 Å². The highest BCUT2D eigenvalue weighted by Crippen LogP contribution is 2.36. The average molecular weight is 285 g/mol. The molecule has 2 unspecified atom stereocenters. The van der Waals surface area contributed by atoms with Gasteiger partial charge in [0, 0.05) is 17.1 Å². The monoisotopic (exact) mass is 283 g/mol. The van der Waals surface area contributed by atoms with Crippen LogP contribution in [0, 0.1) is 0 Å². The SMILES string of the molecule is CNCC(O)C(O)c1c(Cl)ccc(Cl)c1Cl. The molecule has 16 heavy (non-hydrogen) atoms. The second-order valence-corrected chi connectivity index (χ2v) is 4.52. The molecule has 1 aromatic rings. The number of nitrogens with one attached hydrogen (secondary N) is 1. The van der Waals surface area contributed by atoms with Crippen LogP contribution in [0.1, 0.15) is 11.7 Å². The van der Waals surface area contributed by atoms with Crippen LogP contribution in [-0.4, -0.2) is 29.9 Å². The summed E-state index contributed by atoms with van der Waals surface area (Å²) in [5.74, 6) is 0. The van der Waals surface area contributed by atoms with Crippen molar-refractivity contribution >= 4 is 34.8 Å². The molecule has 1 rings (SSSR count). The summed E-state index contributed by atoms with van der Waals surface area (Å²) >= 11 is 17.6. The molecule has 0 saturated heterocycles. The third-order valence-corrected chi connectivity index (χ3v) is 3.30. The van der Waals surface area contributed by atoms with Crippen LogP contribution in [0.15, 0.2) is 12.1 Å². The first-order chi connectivity index (χ1) is 7.49. The number of hydrogen-bond donors (Lipinski definition) is 3. The van der Waals surface area contributed by atoms with E-state index in [-0.39, 0.29) is 27.2 Å². The lowest BCUT2D eigenvalue weighted by Gasteiger charge is -2.20. The Morgan fingerprint density at radius 1 is 1.19 bits per heavy atom. The minimum atomic E-state index is -1.17. The normalized spacial score (nSPS) is 14.9. The topological polar surface area (TPSA) is 52.5 Å². The zero-order chi connectivity index (χ0) is 12.3. The molecular weight excluding hydrogens is 272 g/mol. The molecule has 1 aromatic carbocycles. The average Bonchev–Trinajstić information content (AvgIpc) is 2.24. The van der Waals surface area contributed by atoms with E-state index in [9.17, 15) is 10.2 Å². The van der Waals surface area contributed by atoms with Gasteiger partial charge in [-0.3, -0.25) is 0 Å². The Morgan fingerprint density at radius 2 is 1.75 bits per heavy atom. The molecule has 3 nitrogen and oxygen atoms in total. The molecule has 0 saturated carbocycles. The molecule has 0 aliphatic carbocycles. The smallest absolute Gasteiger partial charge is 0.109 e. The first-order valence-electron chi connectivity index (χ1n) is 4.63. The van der Waals surface area contributed by atoms with Gasteiger partial charge in [-0.2, -0.15) is 0 Å². The van der Waals surface area contributed by atoms with Crippen LogP contribution in [0.2, 0.25) is 15.1 Å². The van der Waals surface area contributed by atoms with E-state index >= 15 is 0 Å². The molecule has 90 valence electrons. The predicted molar refractivity (Wildman–Crippen MR) is 66.4 cm³/mol. The summed E-state index contributed by atoms with van der Waals surface area (Å²) in [7, 11) is 1.66. The largest absolute Gasteiger partial charge is 0.389 e. The molecule has 0 bridgehead atoms. The van der Waals surface area contributed by atoms with E-state index in [1.165, 1.54) is 12.1 Å². The number of aliphatic hydroxyl groups is 2. The Bertz CT molecular complexity index is 373. The lowest BCUT2D eigenvalue weighted by atomic mass is 10.0. The molecule has 3 N–H and O–H groups in total. The number of benzene rings is 1. The molecule has 0 aliphatic heterocycles. The molecule has 0 radical (unpaired) electrons. The summed E-state index contributed by atoms with van der Waals surface area (Å²) in [6.45, 7) is 0.223. The highest BCUT2D eigenvalue weighted by molar-refractivity contribution is 6.44. The third kappa shape index (κ3) is 3.00. The maximum Gasteiger partial charge on any atom is 0.109 e. The highest BCUT2D eigenvalue weighted by atomic mass is 35.5. The lowest BCUT2D eigenvalue weighted by Crippen LogP contribution is -2.29. The van der Waals surface area contributed by atoms with Crippen molar-refractivity contribution in [1.82, 2.24) is 5.32 Å². The summed E-state index contributed by atoms with van der Waals surface area (Å²) in [4.78, 5) is 0. The lowest BCUT2D eigenvalue weighted by molar-refractivity contribution is 0.0203. The second kappa shape index (κ2) is 6.05. The van der Waals surface area contributed by atoms with Crippen molar-refractivity contribution in [2.24, 2.45) is 0 Å². The van der Waals surface area contributed by atoms with Gasteiger partial charge in [0.25, 0.3) is 0 Å². The Kier molecular flexibility index (Phi) is 5.31. The van der Waals surface area contributed by atoms with Gasteiger partial charge in [0.15, 0.2) is 0 Å². The van der Waals surface area contributed by atoms with Crippen molar-refractivity contribution in [2.45, 2.75) is 12.2 Å². The molecule has 0 fully saturated rings. The number of rotatable bonds is 4. The zero-order valence-corrected chi connectivity index (χ0v) is 10.8. The number of hydrogen-bond acceptors (Lipinski definition) is 3. The number of likely N-dealkylation sites (N-methyl/N-ethyl adjacent to an activating group) is 1. The van der Waals surface area contributed by atoms with Crippen molar-refractivity contribution in [2.75, 3.05) is 13.6 Å². The van der Waals surface area contributed by atoms with Crippen molar-refractivity contribution in [3.8, 4) is 0 Å². The van der Waals surface area contributed by atoms with E-state index < -0.39 is 12.2 Å². The van der Waals surface area contributed by atoms with Crippen molar-refractivity contribution < 1.29 is 10.2 Å². The zero-order valence-electron chi connectivity index (χ0n) is 8.54. The first kappa shape index (κ1) is 14.0. The first-order valence-corrected chi connectivity index (χ1v) is 5.76. The summed E-state index contributed by atoms with van der Waals surface area (Å²) < 4.78 is 0. The van der Waals surface area contributed by atoms with Gasteiger partial charge < -0.3 is 15.5 Å². The second-order valence-electron chi connectivity index (χ2n) is 3.33. The fraction of sp³-hybridized carbons (Fsp3) is 0.400. The molecule has 6 heteroatoms. The van der Waals surface area contributed by atoms with Crippen LogP contribution in [0.3, 0.4) is 0 Å². The fourth-order valence-corrected chi connectivity index (χ4v) is 2.09. The van der Waals surface area contributed by atoms with Gasteiger partial charge in [-0.15, -0.1) is 0 Å². The van der Waals surface area contributed by atoms with E-state index in [1.54, 1.807) is 7.05 Å². The van der Waals surface area contributed by atoms with Crippen molar-refractivity contribution in [3.05, 3.63) is 32.8 Å². The van der Waals surface area contributed by atoms with Gasteiger partial charge in [-0.25, -0.2) is 0 Å². The van der Waals surface area contributed by atoms with Crippen LogP contribution in [-0.2, 0) is 0 Å². The van der Waals surface area contributed by atoms with Crippen molar-refractivity contribution in [1.29, 1.82) is 0 Å². The Labute approximate surface area is 109 Å². The number of halogens is 3. The van der Waals surface area contributed by atoms with Crippen LogP contribution in [0.25, 0.3) is 0 Å². The van der Waals surface area contributed by atoms with E-state index in [1.807, 2.05) is 0 Å². The Balaban J connectivity index is 3.07. The van der Waals surface area contributed by atoms with Crippen LogP contribution >= 0.6 is 34.8 Å². The van der Waals surface area contributed by atoms with E-state index in [4.69, 9.17) is 34.8 Å². The fourth-order valence-electron chi connectivity index (χ4n) is 1.33. The van der Waals surface area contributed by atoms with Crippen LogP contribution in [0.4, 0.5) is 0 Å². The summed E-state index contributed by atoms with van der Waals surface area (Å²) in [5.41, 5.74) is 0.249. The number of aliphatic hydroxyl groups excluding tert-OH is 2. The van der Waals surface area contributed by atoms with E-state index in [0.717, 1.165) is 0 Å². The van der Waals surface area contributed by atoms with Gasteiger partial charge in [0.2, 0.25) is 0 Å². The van der Waals surface area contributed by atoms with Gasteiger partial charge in [0.1, 0.15) is 6.10 Å². The van der Waals surface area contributed by atoms with Gasteiger partial charge in [-0.1, -0.05) is 34.8 Å². The highest BCUT2D eigenvalue weighted by Gasteiger charge is 2.24. The minimum absolute atomic E-state index is 0.164. The summed E-state index contributed by atoms with van der Waals surface area (Å²) in [5, 5.41) is 23.0. The van der Waals surface area contributed by atoms with Gasteiger partial charge in [-0.05, 0) is 19.2 Å². The maximum atomic E-state index is 9.89. The maximum absolute atomic E-state index is 9.89. The molecular formula is C10H12Cl3NO2. The van der Waals surface area contributed by atoms with E-state index in [0.29, 0.717) is 0 Å². The van der Waals surface area contributed by atoms with Gasteiger partial charge >= 0.3 is 0 Å². The molecule has 2 atom stereocenters. The van der Waals surface area contributed by atoms with Crippen LogP contribution in [0.5, 0.6) is 0 Å². The minimum Gasteiger partial charge on any atom is -0.389 e. The quantitative estimate of drug-likeness (QED) is 0.744. The Hall–Kier alpha value is -0.0300. The molecule has 0 aliphatic rings.